The molecule has 0 aliphatic heterocycles. The standard InChI is InChI=1S/C9H12N2O3/c1-2-3-4-7(10)8-5-6-9(14-8)11(12)13/h2,5-7H,1,3-4,10H2/t7-/m1/s1. The molecule has 1 atom stereocenters. The van der Waals surface area contributed by atoms with Crippen molar-refractivity contribution in [3.05, 3.63) is 40.7 Å². The van der Waals surface area contributed by atoms with E-state index in [1.54, 1.807) is 6.08 Å². The van der Waals surface area contributed by atoms with E-state index in [0.29, 0.717) is 12.2 Å². The van der Waals surface area contributed by atoms with Gasteiger partial charge in [-0.3, -0.25) is 10.1 Å². The Balaban J connectivity index is 2.66. The number of allylic oxidation sites excluding steroid dienone is 1. The molecule has 0 spiro atoms. The summed E-state index contributed by atoms with van der Waals surface area (Å²) in [4.78, 5) is 9.73. The van der Waals surface area contributed by atoms with E-state index in [-0.39, 0.29) is 11.9 Å². The van der Waals surface area contributed by atoms with Crippen molar-refractivity contribution in [2.45, 2.75) is 18.9 Å². The van der Waals surface area contributed by atoms with E-state index in [1.165, 1.54) is 12.1 Å². The van der Waals surface area contributed by atoms with Crippen molar-refractivity contribution in [1.82, 2.24) is 0 Å². The lowest BCUT2D eigenvalue weighted by atomic mass is 10.1. The van der Waals surface area contributed by atoms with Crippen LogP contribution in [0.5, 0.6) is 0 Å². The first-order chi connectivity index (χ1) is 6.65. The summed E-state index contributed by atoms with van der Waals surface area (Å²) < 4.78 is 4.95. The normalized spacial score (nSPS) is 12.4. The Morgan fingerprint density at radius 3 is 2.93 bits per heavy atom. The van der Waals surface area contributed by atoms with Gasteiger partial charge in [-0.15, -0.1) is 6.58 Å². The summed E-state index contributed by atoms with van der Waals surface area (Å²) in [6, 6.07) is 2.54. The minimum Gasteiger partial charge on any atom is -0.404 e. The second kappa shape index (κ2) is 4.57. The second-order valence-electron chi connectivity index (χ2n) is 2.91. The number of rotatable bonds is 5. The summed E-state index contributed by atoms with van der Waals surface area (Å²) in [5.41, 5.74) is 5.73. The number of hydrogen-bond donors (Lipinski definition) is 1. The molecule has 1 aromatic heterocycles. The van der Waals surface area contributed by atoms with Gasteiger partial charge < -0.3 is 10.2 Å². The van der Waals surface area contributed by atoms with Crippen LogP contribution in [0.3, 0.4) is 0 Å². The number of hydrogen-bond acceptors (Lipinski definition) is 4. The molecule has 5 nitrogen and oxygen atoms in total. The summed E-state index contributed by atoms with van der Waals surface area (Å²) in [6.45, 7) is 3.57. The third-order valence-corrected chi connectivity index (χ3v) is 1.84. The maximum atomic E-state index is 10.3. The van der Waals surface area contributed by atoms with Crippen LogP contribution in [0.4, 0.5) is 5.88 Å². The van der Waals surface area contributed by atoms with Crippen LogP contribution in [0.25, 0.3) is 0 Å². The van der Waals surface area contributed by atoms with Gasteiger partial charge in [-0.05, 0) is 18.9 Å². The molecule has 0 aliphatic carbocycles. The van der Waals surface area contributed by atoms with Crippen LogP contribution < -0.4 is 5.73 Å². The Bertz CT molecular complexity index is 333. The number of nitrogens with zero attached hydrogens (tertiary/aromatic N) is 1. The Labute approximate surface area is 81.4 Å². The molecule has 0 aliphatic rings. The molecule has 1 heterocycles. The lowest BCUT2D eigenvalue weighted by molar-refractivity contribution is -0.402. The molecule has 14 heavy (non-hydrogen) atoms. The van der Waals surface area contributed by atoms with Crippen LogP contribution in [0.1, 0.15) is 24.6 Å². The van der Waals surface area contributed by atoms with Gasteiger partial charge in [0.25, 0.3) is 0 Å². The van der Waals surface area contributed by atoms with E-state index in [1.807, 2.05) is 0 Å². The van der Waals surface area contributed by atoms with Crippen LogP contribution in [-0.4, -0.2) is 4.92 Å². The Hall–Kier alpha value is -1.62. The smallest absolute Gasteiger partial charge is 0.404 e. The fraction of sp³-hybridized carbons (Fsp3) is 0.333. The van der Waals surface area contributed by atoms with E-state index < -0.39 is 4.92 Å². The Morgan fingerprint density at radius 2 is 2.43 bits per heavy atom. The van der Waals surface area contributed by atoms with Crippen molar-refractivity contribution >= 4 is 5.88 Å². The maximum Gasteiger partial charge on any atom is 0.433 e. The number of nitro groups is 1. The molecule has 0 amide bonds. The van der Waals surface area contributed by atoms with Gasteiger partial charge in [0, 0.05) is 0 Å². The highest BCUT2D eigenvalue weighted by Gasteiger charge is 2.15. The SMILES string of the molecule is C=CCC[C@@H](N)c1ccc([N+](=O)[O-])o1. The summed E-state index contributed by atoms with van der Waals surface area (Å²) in [6.07, 6.45) is 3.18. The predicted molar refractivity (Wildman–Crippen MR) is 51.7 cm³/mol. The molecule has 2 N–H and O–H groups in total. The van der Waals surface area contributed by atoms with Gasteiger partial charge >= 0.3 is 5.88 Å². The quantitative estimate of drug-likeness (QED) is 0.444. The van der Waals surface area contributed by atoms with Crippen molar-refractivity contribution in [3.8, 4) is 0 Å². The monoisotopic (exact) mass is 196 g/mol. The van der Waals surface area contributed by atoms with Crippen molar-refractivity contribution < 1.29 is 9.34 Å². The van der Waals surface area contributed by atoms with Gasteiger partial charge in [0.2, 0.25) is 0 Å². The zero-order valence-electron chi connectivity index (χ0n) is 7.68. The van der Waals surface area contributed by atoms with E-state index in [9.17, 15) is 10.1 Å². The minimum absolute atomic E-state index is 0.269. The summed E-state index contributed by atoms with van der Waals surface area (Å²) in [7, 11) is 0. The molecule has 0 aromatic carbocycles. The first kappa shape index (κ1) is 10.5. The molecule has 0 saturated heterocycles. The van der Waals surface area contributed by atoms with Crippen LogP contribution in [-0.2, 0) is 0 Å². The van der Waals surface area contributed by atoms with Gasteiger partial charge in [-0.2, -0.15) is 0 Å². The highest BCUT2D eigenvalue weighted by molar-refractivity contribution is 5.19. The molecule has 5 heteroatoms. The topological polar surface area (TPSA) is 82.3 Å². The van der Waals surface area contributed by atoms with Crippen LogP contribution in [0.15, 0.2) is 29.2 Å². The molecule has 0 radical (unpaired) electrons. The van der Waals surface area contributed by atoms with E-state index in [0.717, 1.165) is 6.42 Å². The molecule has 0 bridgehead atoms. The van der Waals surface area contributed by atoms with Gasteiger partial charge in [-0.25, -0.2) is 0 Å². The van der Waals surface area contributed by atoms with Gasteiger partial charge in [0.05, 0.1) is 12.1 Å². The summed E-state index contributed by atoms with van der Waals surface area (Å²) >= 11 is 0. The first-order valence-corrected chi connectivity index (χ1v) is 4.25. The fourth-order valence-electron chi connectivity index (χ4n) is 1.08. The van der Waals surface area contributed by atoms with Crippen molar-refractivity contribution in [2.24, 2.45) is 5.73 Å². The van der Waals surface area contributed by atoms with E-state index in [2.05, 4.69) is 6.58 Å². The Kier molecular flexibility index (Phi) is 3.41. The summed E-state index contributed by atoms with van der Waals surface area (Å²) in [5, 5.41) is 10.3. The molecular formula is C9H12N2O3. The largest absolute Gasteiger partial charge is 0.433 e. The highest BCUT2D eigenvalue weighted by atomic mass is 16.6. The van der Waals surface area contributed by atoms with Crippen LogP contribution in [0.2, 0.25) is 0 Å². The van der Waals surface area contributed by atoms with Gasteiger partial charge in [-0.1, -0.05) is 6.08 Å². The maximum absolute atomic E-state index is 10.3. The Morgan fingerprint density at radius 1 is 1.71 bits per heavy atom. The lowest BCUT2D eigenvalue weighted by Gasteiger charge is -2.04. The predicted octanol–water partition coefficient (Wildman–Crippen LogP) is 2.15. The summed E-state index contributed by atoms with van der Waals surface area (Å²) in [5.74, 6) is 0.174. The zero-order chi connectivity index (χ0) is 10.6. The first-order valence-electron chi connectivity index (χ1n) is 4.25. The minimum atomic E-state index is -0.580. The van der Waals surface area contributed by atoms with E-state index in [4.69, 9.17) is 10.2 Å². The van der Waals surface area contributed by atoms with Crippen molar-refractivity contribution in [3.63, 3.8) is 0 Å². The fourth-order valence-corrected chi connectivity index (χ4v) is 1.08. The third kappa shape index (κ3) is 2.43. The number of furan rings is 1. The van der Waals surface area contributed by atoms with E-state index >= 15 is 0 Å². The molecular weight excluding hydrogens is 184 g/mol. The van der Waals surface area contributed by atoms with Crippen LogP contribution >= 0.6 is 0 Å². The third-order valence-electron chi connectivity index (χ3n) is 1.84. The number of nitrogens with two attached hydrogens (primary N) is 1. The average molecular weight is 196 g/mol. The van der Waals surface area contributed by atoms with Gasteiger partial charge in [0.15, 0.2) is 0 Å². The molecule has 0 unspecified atom stereocenters. The van der Waals surface area contributed by atoms with Crippen molar-refractivity contribution in [1.29, 1.82) is 0 Å². The second-order valence-corrected chi connectivity index (χ2v) is 2.91. The lowest BCUT2D eigenvalue weighted by Crippen LogP contribution is -2.08. The zero-order valence-corrected chi connectivity index (χ0v) is 7.68. The average Bonchev–Trinajstić information content (AvgIpc) is 2.62. The van der Waals surface area contributed by atoms with Crippen molar-refractivity contribution in [2.75, 3.05) is 0 Å². The molecule has 1 aromatic rings. The molecule has 1 rings (SSSR count). The highest BCUT2D eigenvalue weighted by Crippen LogP contribution is 2.22. The van der Waals surface area contributed by atoms with Crippen LogP contribution in [0, 0.1) is 10.1 Å². The molecule has 0 saturated carbocycles. The molecule has 76 valence electrons. The molecule has 0 fully saturated rings. The van der Waals surface area contributed by atoms with Gasteiger partial charge in [0.1, 0.15) is 10.7 Å².